The van der Waals surface area contributed by atoms with Gasteiger partial charge in [-0.15, -0.1) is 0 Å². The van der Waals surface area contributed by atoms with E-state index in [0.717, 1.165) is 10.5 Å². The highest BCUT2D eigenvalue weighted by Crippen LogP contribution is 2.36. The molecule has 1 aliphatic heterocycles. The molecule has 0 unspecified atom stereocenters. The van der Waals surface area contributed by atoms with Crippen LogP contribution in [0, 0.1) is 11.3 Å². The Morgan fingerprint density at radius 2 is 1.55 bits per heavy atom. The zero-order valence-electron chi connectivity index (χ0n) is 17.3. The number of anilines is 1. The summed E-state index contributed by atoms with van der Waals surface area (Å²) in [7, 11) is 0. The zero-order chi connectivity index (χ0) is 22.0. The molecule has 3 aromatic rings. The van der Waals surface area contributed by atoms with Crippen molar-refractivity contribution in [3.05, 3.63) is 90.0 Å². The molecular formula is C25H21N3O3. The van der Waals surface area contributed by atoms with Crippen molar-refractivity contribution in [2.75, 3.05) is 4.90 Å². The van der Waals surface area contributed by atoms with Crippen LogP contribution in [0.4, 0.5) is 10.5 Å². The maximum Gasteiger partial charge on any atom is 0.332 e. The Balaban J connectivity index is 1.67. The third kappa shape index (κ3) is 3.62. The van der Waals surface area contributed by atoms with E-state index in [9.17, 15) is 14.9 Å². The summed E-state index contributed by atoms with van der Waals surface area (Å²) in [5.41, 5.74) is 0.259. The molecule has 0 aliphatic carbocycles. The second-order valence-electron chi connectivity index (χ2n) is 7.72. The number of rotatable bonds is 5. The van der Waals surface area contributed by atoms with Crippen LogP contribution in [0.15, 0.2) is 78.9 Å². The van der Waals surface area contributed by atoms with Gasteiger partial charge in [0.05, 0.1) is 17.8 Å². The maximum atomic E-state index is 13.4. The smallest absolute Gasteiger partial charge is 0.332 e. The van der Waals surface area contributed by atoms with Crippen LogP contribution in [0.5, 0.6) is 11.5 Å². The van der Waals surface area contributed by atoms with Crippen LogP contribution in [-0.4, -0.2) is 22.4 Å². The van der Waals surface area contributed by atoms with Gasteiger partial charge in [-0.1, -0.05) is 48.5 Å². The molecule has 0 bridgehead atoms. The molecule has 1 aliphatic rings. The van der Waals surface area contributed by atoms with Gasteiger partial charge in [0.2, 0.25) is 0 Å². The Morgan fingerprint density at radius 1 is 0.903 bits per heavy atom. The third-order valence-electron chi connectivity index (χ3n) is 5.36. The predicted molar refractivity (Wildman–Crippen MR) is 117 cm³/mol. The van der Waals surface area contributed by atoms with E-state index >= 15 is 0 Å². The Kier molecular flexibility index (Phi) is 5.18. The quantitative estimate of drug-likeness (QED) is 0.548. The molecule has 1 saturated heterocycles. The first-order chi connectivity index (χ1) is 14.9. The molecule has 4 rings (SSSR count). The first-order valence-corrected chi connectivity index (χ1v) is 9.89. The number of urea groups is 1. The van der Waals surface area contributed by atoms with E-state index in [1.807, 2.05) is 54.6 Å². The van der Waals surface area contributed by atoms with Crippen molar-refractivity contribution >= 4 is 17.6 Å². The minimum atomic E-state index is -1.08. The van der Waals surface area contributed by atoms with E-state index in [-0.39, 0.29) is 18.0 Å². The molecule has 1 fully saturated rings. The molecule has 0 spiro atoms. The van der Waals surface area contributed by atoms with Crippen molar-refractivity contribution in [2.24, 2.45) is 0 Å². The van der Waals surface area contributed by atoms with Gasteiger partial charge in [0.1, 0.15) is 23.1 Å². The second kappa shape index (κ2) is 7.96. The Labute approximate surface area is 180 Å². The highest BCUT2D eigenvalue weighted by molar-refractivity contribution is 6.23. The standard InChI is InChI=1S/C25H21N3O3/c1-25(2)23(29)28(21-14-8-6-10-18(21)16-26)24(30)27(25)17-19-11-7-9-15-22(19)31-20-12-4-3-5-13-20/h3-15H,17H2,1-2H3. The fourth-order valence-electron chi connectivity index (χ4n) is 3.60. The number of ether oxygens (including phenoxy) is 1. The summed E-state index contributed by atoms with van der Waals surface area (Å²) in [5.74, 6) is 0.921. The number of hydrogen-bond acceptors (Lipinski definition) is 4. The average molecular weight is 411 g/mol. The van der Waals surface area contributed by atoms with Crippen LogP contribution in [-0.2, 0) is 11.3 Å². The van der Waals surface area contributed by atoms with Gasteiger partial charge in [-0.25, -0.2) is 9.69 Å². The molecule has 3 aromatic carbocycles. The Hall–Kier alpha value is -4.11. The van der Waals surface area contributed by atoms with Gasteiger partial charge in [-0.2, -0.15) is 5.26 Å². The predicted octanol–water partition coefficient (Wildman–Crippen LogP) is 5.10. The minimum absolute atomic E-state index is 0.186. The molecule has 1 heterocycles. The molecule has 0 saturated carbocycles. The molecule has 31 heavy (non-hydrogen) atoms. The van der Waals surface area contributed by atoms with Gasteiger partial charge in [0, 0.05) is 5.56 Å². The van der Waals surface area contributed by atoms with Crippen LogP contribution in [0.2, 0.25) is 0 Å². The fourth-order valence-corrected chi connectivity index (χ4v) is 3.60. The van der Waals surface area contributed by atoms with E-state index in [2.05, 4.69) is 6.07 Å². The molecule has 6 nitrogen and oxygen atoms in total. The molecular weight excluding hydrogens is 390 g/mol. The topological polar surface area (TPSA) is 73.6 Å². The van der Waals surface area contributed by atoms with Gasteiger partial charge in [0.15, 0.2) is 0 Å². The summed E-state index contributed by atoms with van der Waals surface area (Å²) in [4.78, 5) is 29.2. The van der Waals surface area contributed by atoms with E-state index in [1.165, 1.54) is 4.90 Å². The summed E-state index contributed by atoms with van der Waals surface area (Å²) in [6.07, 6.45) is 0. The first-order valence-electron chi connectivity index (χ1n) is 9.89. The lowest BCUT2D eigenvalue weighted by atomic mass is 10.0. The van der Waals surface area contributed by atoms with Gasteiger partial charge in [-0.3, -0.25) is 4.79 Å². The highest BCUT2D eigenvalue weighted by atomic mass is 16.5. The van der Waals surface area contributed by atoms with Crippen molar-refractivity contribution in [3.8, 4) is 17.6 Å². The van der Waals surface area contributed by atoms with E-state index in [0.29, 0.717) is 17.2 Å². The number of para-hydroxylation sites is 3. The number of imide groups is 1. The minimum Gasteiger partial charge on any atom is -0.457 e. The number of amides is 3. The lowest BCUT2D eigenvalue weighted by Gasteiger charge is -2.28. The molecule has 154 valence electrons. The zero-order valence-corrected chi connectivity index (χ0v) is 17.3. The van der Waals surface area contributed by atoms with E-state index < -0.39 is 11.6 Å². The van der Waals surface area contributed by atoms with Crippen LogP contribution in [0.25, 0.3) is 0 Å². The van der Waals surface area contributed by atoms with Gasteiger partial charge in [-0.05, 0) is 44.2 Å². The second-order valence-corrected chi connectivity index (χ2v) is 7.72. The van der Waals surface area contributed by atoms with Crippen LogP contribution in [0.1, 0.15) is 25.0 Å². The highest BCUT2D eigenvalue weighted by Gasteiger charge is 2.52. The number of carbonyl (C=O) groups is 2. The Morgan fingerprint density at radius 3 is 2.29 bits per heavy atom. The van der Waals surface area contributed by atoms with Gasteiger partial charge in [0.25, 0.3) is 5.91 Å². The molecule has 0 radical (unpaired) electrons. The normalized spacial score (nSPS) is 15.1. The van der Waals surface area contributed by atoms with E-state index in [1.54, 1.807) is 38.1 Å². The van der Waals surface area contributed by atoms with Crippen LogP contribution < -0.4 is 9.64 Å². The van der Waals surface area contributed by atoms with Crippen LogP contribution >= 0.6 is 0 Å². The van der Waals surface area contributed by atoms with Crippen molar-refractivity contribution in [1.82, 2.24) is 4.90 Å². The largest absolute Gasteiger partial charge is 0.457 e. The molecule has 0 N–H and O–H groups in total. The van der Waals surface area contributed by atoms with Gasteiger partial charge >= 0.3 is 6.03 Å². The number of hydrogen-bond donors (Lipinski definition) is 0. The van der Waals surface area contributed by atoms with Crippen molar-refractivity contribution in [1.29, 1.82) is 5.26 Å². The summed E-state index contributed by atoms with van der Waals surface area (Å²) in [5, 5.41) is 9.43. The van der Waals surface area contributed by atoms with Crippen molar-refractivity contribution in [3.63, 3.8) is 0 Å². The first kappa shape index (κ1) is 20.2. The lowest BCUT2D eigenvalue weighted by molar-refractivity contribution is -0.123. The Bertz CT molecular complexity index is 1180. The average Bonchev–Trinajstić information content (AvgIpc) is 2.95. The van der Waals surface area contributed by atoms with Crippen molar-refractivity contribution < 1.29 is 14.3 Å². The number of benzene rings is 3. The SMILES string of the molecule is CC1(C)C(=O)N(c2ccccc2C#N)C(=O)N1Cc1ccccc1Oc1ccccc1. The monoisotopic (exact) mass is 411 g/mol. The molecule has 6 heteroatoms. The number of carbonyl (C=O) groups excluding carboxylic acids is 2. The van der Waals surface area contributed by atoms with Crippen molar-refractivity contribution in [2.45, 2.75) is 25.9 Å². The fraction of sp³-hybridized carbons (Fsp3) is 0.160. The van der Waals surface area contributed by atoms with Crippen LogP contribution in [0.3, 0.4) is 0 Å². The lowest BCUT2D eigenvalue weighted by Crippen LogP contribution is -2.43. The number of nitrogens with zero attached hydrogens (tertiary/aromatic N) is 3. The summed E-state index contributed by atoms with van der Waals surface area (Å²) < 4.78 is 6.02. The summed E-state index contributed by atoms with van der Waals surface area (Å²) >= 11 is 0. The third-order valence-corrected chi connectivity index (χ3v) is 5.36. The molecule has 0 aromatic heterocycles. The summed E-state index contributed by atoms with van der Waals surface area (Å²) in [6.45, 7) is 3.61. The molecule has 3 amide bonds. The maximum absolute atomic E-state index is 13.4. The molecule has 0 atom stereocenters. The van der Waals surface area contributed by atoms with Gasteiger partial charge < -0.3 is 9.64 Å². The van der Waals surface area contributed by atoms with E-state index in [4.69, 9.17) is 4.74 Å². The number of nitriles is 1. The summed E-state index contributed by atoms with van der Waals surface area (Å²) in [6, 6.07) is 25.0.